The molecule has 146 valence electrons. The van der Waals surface area contributed by atoms with E-state index in [1.165, 1.54) is 11.3 Å². The lowest BCUT2D eigenvalue weighted by atomic mass is 10.0. The fraction of sp³-hybridized carbons (Fsp3) is 0.158. The Morgan fingerprint density at radius 2 is 2.28 bits per heavy atom. The Morgan fingerprint density at radius 1 is 1.45 bits per heavy atom. The van der Waals surface area contributed by atoms with Gasteiger partial charge in [-0.05, 0) is 17.9 Å². The minimum absolute atomic E-state index is 0.246. The molecule has 4 aromatic heterocycles. The number of fused-ring (bicyclic) bond motifs is 1. The van der Waals surface area contributed by atoms with Gasteiger partial charge in [0.2, 0.25) is 0 Å². The molecule has 0 saturated carbocycles. The Bertz CT molecular complexity index is 1220. The highest BCUT2D eigenvalue weighted by molar-refractivity contribution is 7.21. The van der Waals surface area contributed by atoms with Crippen LogP contribution >= 0.6 is 22.7 Å². The Balaban J connectivity index is 2.11. The first-order valence-corrected chi connectivity index (χ1v) is 10.5. The van der Waals surface area contributed by atoms with Crippen molar-refractivity contribution in [2.45, 2.75) is 13.3 Å². The van der Waals surface area contributed by atoms with E-state index >= 15 is 0 Å². The molecule has 0 radical (unpaired) electrons. The third-order valence-corrected chi connectivity index (χ3v) is 6.41. The number of aromatic nitrogens is 3. The summed E-state index contributed by atoms with van der Waals surface area (Å²) in [7, 11) is 0. The summed E-state index contributed by atoms with van der Waals surface area (Å²) >= 11 is 2.64. The van der Waals surface area contributed by atoms with Gasteiger partial charge in [-0.2, -0.15) is 5.26 Å². The number of pyridine rings is 1. The number of rotatable bonds is 6. The van der Waals surface area contributed by atoms with E-state index in [1.54, 1.807) is 23.4 Å². The summed E-state index contributed by atoms with van der Waals surface area (Å²) < 4.78 is 1.79. The number of anilines is 2. The summed E-state index contributed by atoms with van der Waals surface area (Å²) in [5, 5.41) is 14.5. The lowest BCUT2D eigenvalue weighted by Crippen LogP contribution is -2.31. The summed E-state index contributed by atoms with van der Waals surface area (Å²) in [6, 6.07) is 6.14. The van der Waals surface area contributed by atoms with Crippen molar-refractivity contribution in [3.63, 3.8) is 0 Å². The van der Waals surface area contributed by atoms with Gasteiger partial charge in [-0.25, -0.2) is 14.6 Å². The van der Waals surface area contributed by atoms with Crippen LogP contribution in [0.1, 0.15) is 28.6 Å². The van der Waals surface area contributed by atoms with Crippen molar-refractivity contribution in [3.05, 3.63) is 46.7 Å². The SMILES string of the molecule is CCCN(c1nc2sc(C(N)=O)c(N)c2c(-c2cccs2)c1C#N)n1ccnc1. The van der Waals surface area contributed by atoms with Crippen molar-refractivity contribution in [1.29, 1.82) is 5.26 Å². The lowest BCUT2D eigenvalue weighted by Gasteiger charge is -2.25. The largest absolute Gasteiger partial charge is 0.397 e. The Labute approximate surface area is 174 Å². The molecule has 4 heterocycles. The van der Waals surface area contributed by atoms with Crippen molar-refractivity contribution < 1.29 is 4.79 Å². The average Bonchev–Trinajstić information content (AvgIpc) is 3.46. The number of carbonyl (C=O) groups is 1. The maximum atomic E-state index is 11.9. The normalized spacial score (nSPS) is 10.9. The molecule has 0 aliphatic heterocycles. The first-order chi connectivity index (χ1) is 14.1. The van der Waals surface area contributed by atoms with E-state index in [0.717, 1.165) is 22.6 Å². The van der Waals surface area contributed by atoms with Gasteiger partial charge in [0.1, 0.15) is 27.7 Å². The van der Waals surface area contributed by atoms with Crippen LogP contribution in [0.5, 0.6) is 0 Å². The molecule has 0 saturated heterocycles. The van der Waals surface area contributed by atoms with Crippen LogP contribution in [0.3, 0.4) is 0 Å². The van der Waals surface area contributed by atoms with Crippen molar-refractivity contribution in [2.75, 3.05) is 17.3 Å². The maximum absolute atomic E-state index is 11.9. The quantitative estimate of drug-likeness (QED) is 0.489. The number of thiophene rings is 2. The zero-order chi connectivity index (χ0) is 20.5. The first-order valence-electron chi connectivity index (χ1n) is 8.82. The smallest absolute Gasteiger partial charge is 0.260 e. The number of nitrogen functional groups attached to an aromatic ring is 1. The van der Waals surface area contributed by atoms with Gasteiger partial charge < -0.3 is 11.5 Å². The lowest BCUT2D eigenvalue weighted by molar-refractivity contribution is 0.100. The van der Waals surface area contributed by atoms with E-state index in [4.69, 9.17) is 16.5 Å². The van der Waals surface area contributed by atoms with Gasteiger partial charge in [0.15, 0.2) is 5.82 Å². The molecule has 29 heavy (non-hydrogen) atoms. The van der Waals surface area contributed by atoms with Crippen LogP contribution in [0, 0.1) is 11.3 Å². The maximum Gasteiger partial charge on any atom is 0.260 e. The summed E-state index contributed by atoms with van der Waals surface area (Å²) in [4.78, 5) is 22.4. The van der Waals surface area contributed by atoms with Crippen molar-refractivity contribution in [2.24, 2.45) is 5.73 Å². The number of imidazole rings is 1. The molecule has 4 N–H and O–H groups in total. The van der Waals surface area contributed by atoms with Crippen LogP contribution < -0.4 is 16.5 Å². The number of carbonyl (C=O) groups excluding carboxylic acids is 1. The second-order valence-corrected chi connectivity index (χ2v) is 8.18. The number of hydrogen-bond donors (Lipinski definition) is 2. The molecule has 0 aliphatic carbocycles. The summed E-state index contributed by atoms with van der Waals surface area (Å²) in [6.07, 6.45) is 5.95. The van der Waals surface area contributed by atoms with E-state index in [0.29, 0.717) is 33.7 Å². The number of amides is 1. The minimum Gasteiger partial charge on any atom is -0.397 e. The molecule has 0 fully saturated rings. The van der Waals surface area contributed by atoms with E-state index < -0.39 is 5.91 Å². The zero-order valence-electron chi connectivity index (χ0n) is 15.5. The fourth-order valence-electron chi connectivity index (χ4n) is 3.22. The fourth-order valence-corrected chi connectivity index (χ4v) is 4.96. The highest BCUT2D eigenvalue weighted by atomic mass is 32.1. The Kier molecular flexibility index (Phi) is 4.92. The predicted molar refractivity (Wildman–Crippen MR) is 116 cm³/mol. The molecular formula is C19H17N7OS2. The van der Waals surface area contributed by atoms with Crippen LogP contribution in [0.4, 0.5) is 11.5 Å². The van der Waals surface area contributed by atoms with Gasteiger partial charge in [-0.1, -0.05) is 13.0 Å². The van der Waals surface area contributed by atoms with Gasteiger partial charge in [0.05, 0.1) is 5.69 Å². The molecule has 0 aromatic carbocycles. The molecule has 0 unspecified atom stereocenters. The van der Waals surface area contributed by atoms with Gasteiger partial charge in [0.25, 0.3) is 5.91 Å². The highest BCUT2D eigenvalue weighted by Crippen LogP contribution is 2.45. The van der Waals surface area contributed by atoms with Crippen molar-refractivity contribution in [3.8, 4) is 16.5 Å². The van der Waals surface area contributed by atoms with Crippen molar-refractivity contribution in [1.82, 2.24) is 14.6 Å². The Morgan fingerprint density at radius 3 is 2.86 bits per heavy atom. The van der Waals surface area contributed by atoms with Gasteiger partial charge in [0, 0.05) is 34.8 Å². The van der Waals surface area contributed by atoms with Gasteiger partial charge >= 0.3 is 0 Å². The summed E-state index contributed by atoms with van der Waals surface area (Å²) in [5.41, 5.74) is 13.1. The molecule has 4 aromatic rings. The molecule has 0 atom stereocenters. The second-order valence-electron chi connectivity index (χ2n) is 6.23. The van der Waals surface area contributed by atoms with Crippen LogP contribution in [-0.4, -0.2) is 27.1 Å². The van der Waals surface area contributed by atoms with Gasteiger partial charge in [-0.3, -0.25) is 9.80 Å². The number of nitrogens with zero attached hydrogens (tertiary/aromatic N) is 5. The molecule has 1 amide bonds. The van der Waals surface area contributed by atoms with E-state index in [-0.39, 0.29) is 10.6 Å². The topological polar surface area (TPSA) is 127 Å². The first kappa shape index (κ1) is 18.9. The molecule has 8 nitrogen and oxygen atoms in total. The second kappa shape index (κ2) is 7.54. The third-order valence-electron chi connectivity index (χ3n) is 4.41. The highest BCUT2D eigenvalue weighted by Gasteiger charge is 2.27. The van der Waals surface area contributed by atoms with Crippen molar-refractivity contribution >= 4 is 50.3 Å². The molecule has 0 aliphatic rings. The summed E-state index contributed by atoms with van der Waals surface area (Å²) in [6.45, 7) is 2.67. The van der Waals surface area contributed by atoms with Crippen LogP contribution in [0.2, 0.25) is 0 Å². The van der Waals surface area contributed by atoms with Crippen LogP contribution in [0.25, 0.3) is 20.7 Å². The number of hydrogen-bond acceptors (Lipinski definition) is 8. The predicted octanol–water partition coefficient (Wildman–Crippen LogP) is 3.45. The molecular weight excluding hydrogens is 406 g/mol. The minimum atomic E-state index is -0.609. The van der Waals surface area contributed by atoms with E-state index in [9.17, 15) is 10.1 Å². The Hall–Kier alpha value is -3.42. The standard InChI is InChI=1S/C19H17N7OS2/c1-2-6-26(25-7-5-23-10-25)18-11(9-20)13(12-4-3-8-28-12)14-15(21)16(17(22)27)29-19(14)24-18/h3-5,7-8,10H,2,6,21H2,1H3,(H2,22,27). The number of primary amides is 1. The molecule has 4 rings (SSSR count). The molecule has 10 heteroatoms. The monoisotopic (exact) mass is 423 g/mol. The third kappa shape index (κ3) is 3.10. The van der Waals surface area contributed by atoms with Crippen LogP contribution in [0.15, 0.2) is 36.2 Å². The molecule has 0 spiro atoms. The number of nitrogens with two attached hydrogens (primary N) is 2. The average molecular weight is 424 g/mol. The van der Waals surface area contributed by atoms with Gasteiger partial charge in [-0.15, -0.1) is 22.7 Å². The zero-order valence-corrected chi connectivity index (χ0v) is 17.1. The van der Waals surface area contributed by atoms with Crippen LogP contribution in [-0.2, 0) is 0 Å². The number of nitriles is 1. The van der Waals surface area contributed by atoms with E-state index in [2.05, 4.69) is 11.1 Å². The summed E-state index contributed by atoms with van der Waals surface area (Å²) in [5.74, 6) is -0.122. The van der Waals surface area contributed by atoms with E-state index in [1.807, 2.05) is 29.4 Å². The molecule has 0 bridgehead atoms.